The van der Waals surface area contributed by atoms with Gasteiger partial charge in [0.05, 0.1) is 5.69 Å². The van der Waals surface area contributed by atoms with Crippen molar-refractivity contribution in [2.45, 2.75) is 32.5 Å². The van der Waals surface area contributed by atoms with Crippen molar-refractivity contribution in [3.8, 4) is 0 Å². The molecule has 0 amide bonds. The van der Waals surface area contributed by atoms with Gasteiger partial charge in [-0.25, -0.2) is 4.68 Å². The predicted molar refractivity (Wildman–Crippen MR) is 44.6 cm³/mol. The second-order valence-corrected chi connectivity index (χ2v) is 3.29. The lowest BCUT2D eigenvalue weighted by molar-refractivity contribution is -0.143. The van der Waals surface area contributed by atoms with E-state index in [1.54, 1.807) is 13.8 Å². The van der Waals surface area contributed by atoms with E-state index >= 15 is 0 Å². The summed E-state index contributed by atoms with van der Waals surface area (Å²) >= 11 is 0. The van der Waals surface area contributed by atoms with Crippen molar-refractivity contribution < 1.29 is 13.2 Å². The molecule has 0 aliphatic rings. The Kier molecular flexibility index (Phi) is 2.68. The second-order valence-electron chi connectivity index (χ2n) is 3.29. The average Bonchev–Trinajstić information content (AvgIpc) is 2.27. The van der Waals surface area contributed by atoms with Crippen LogP contribution in [0, 0.1) is 0 Å². The summed E-state index contributed by atoms with van der Waals surface area (Å²) in [6.45, 7) is 2.33. The number of anilines is 1. The van der Waals surface area contributed by atoms with E-state index in [1.165, 1.54) is 0 Å². The van der Waals surface area contributed by atoms with Crippen LogP contribution in [0.4, 0.5) is 19.0 Å². The van der Waals surface area contributed by atoms with Crippen LogP contribution in [0.2, 0.25) is 0 Å². The fraction of sp³-hybridized carbons (Fsp3) is 0.714. The summed E-state index contributed by atoms with van der Waals surface area (Å²) < 4.78 is 37.0. The Bertz CT molecular complexity index is 315. The van der Waals surface area contributed by atoms with E-state index in [4.69, 9.17) is 5.73 Å². The highest BCUT2D eigenvalue weighted by Gasteiger charge is 2.30. The second kappa shape index (κ2) is 3.47. The number of rotatable bonds is 2. The number of halogens is 3. The number of alkyl halides is 3. The number of hydrogen-bond acceptors (Lipinski definition) is 3. The summed E-state index contributed by atoms with van der Waals surface area (Å²) in [6.07, 6.45) is -4.30. The monoisotopic (exact) mass is 208 g/mol. The maximum atomic E-state index is 12.1. The van der Waals surface area contributed by atoms with Crippen molar-refractivity contribution in [3.63, 3.8) is 0 Å². The number of nitrogens with two attached hydrogens (primary N) is 1. The van der Waals surface area contributed by atoms with E-state index < -0.39 is 12.7 Å². The highest BCUT2D eigenvalue weighted by Crippen LogP contribution is 2.23. The number of nitrogens with zero attached hydrogens (tertiary/aromatic N) is 3. The summed E-state index contributed by atoms with van der Waals surface area (Å²) in [4.78, 5) is 0. The molecule has 80 valence electrons. The van der Waals surface area contributed by atoms with Gasteiger partial charge in [-0.15, -0.1) is 5.10 Å². The quantitative estimate of drug-likeness (QED) is 0.802. The summed E-state index contributed by atoms with van der Waals surface area (Å²) in [6, 6.07) is 0. The Morgan fingerprint density at radius 3 is 2.43 bits per heavy atom. The zero-order chi connectivity index (χ0) is 10.9. The Balaban J connectivity index is 2.98. The van der Waals surface area contributed by atoms with Gasteiger partial charge in [0, 0.05) is 0 Å². The molecule has 0 aliphatic heterocycles. The fourth-order valence-electron chi connectivity index (χ4n) is 1.21. The van der Waals surface area contributed by atoms with Gasteiger partial charge in [0.15, 0.2) is 5.82 Å². The molecule has 0 fully saturated rings. The minimum atomic E-state index is -4.30. The SMILES string of the molecule is CC(C)c1c(N)nnn1CC(F)(F)F. The Morgan fingerprint density at radius 2 is 2.00 bits per heavy atom. The van der Waals surface area contributed by atoms with Crippen LogP contribution in [0.1, 0.15) is 25.5 Å². The molecule has 14 heavy (non-hydrogen) atoms. The molecule has 1 rings (SSSR count). The maximum Gasteiger partial charge on any atom is 0.408 e. The Morgan fingerprint density at radius 1 is 1.43 bits per heavy atom. The molecule has 2 N–H and O–H groups in total. The lowest BCUT2D eigenvalue weighted by Crippen LogP contribution is -2.21. The molecular formula is C7H11F3N4. The van der Waals surface area contributed by atoms with Gasteiger partial charge in [0.25, 0.3) is 0 Å². The van der Waals surface area contributed by atoms with Crippen LogP contribution < -0.4 is 5.73 Å². The molecule has 1 aromatic rings. The number of aromatic nitrogens is 3. The molecule has 0 spiro atoms. The van der Waals surface area contributed by atoms with Crippen molar-refractivity contribution in [1.82, 2.24) is 15.0 Å². The molecule has 1 aromatic heterocycles. The predicted octanol–water partition coefficient (Wildman–Crippen LogP) is 1.55. The van der Waals surface area contributed by atoms with E-state index in [0.29, 0.717) is 5.69 Å². The zero-order valence-electron chi connectivity index (χ0n) is 7.84. The van der Waals surface area contributed by atoms with Crippen LogP contribution >= 0.6 is 0 Å². The highest BCUT2D eigenvalue weighted by molar-refractivity contribution is 5.35. The summed E-state index contributed by atoms with van der Waals surface area (Å²) in [5, 5.41) is 6.76. The van der Waals surface area contributed by atoms with Crippen LogP contribution in [0.5, 0.6) is 0 Å². The van der Waals surface area contributed by atoms with E-state index in [2.05, 4.69) is 10.3 Å². The topological polar surface area (TPSA) is 56.7 Å². The lowest BCUT2D eigenvalue weighted by atomic mass is 10.1. The van der Waals surface area contributed by atoms with Gasteiger partial charge < -0.3 is 5.73 Å². The van der Waals surface area contributed by atoms with Crippen molar-refractivity contribution in [2.75, 3.05) is 5.73 Å². The molecule has 0 saturated carbocycles. The summed E-state index contributed by atoms with van der Waals surface area (Å²) in [7, 11) is 0. The van der Waals surface area contributed by atoms with Crippen molar-refractivity contribution >= 4 is 5.82 Å². The van der Waals surface area contributed by atoms with Gasteiger partial charge >= 0.3 is 6.18 Å². The Labute approximate surface area is 78.9 Å². The molecule has 0 bridgehead atoms. The molecular weight excluding hydrogens is 197 g/mol. The third-order valence-corrected chi connectivity index (χ3v) is 1.68. The fourth-order valence-corrected chi connectivity index (χ4v) is 1.21. The molecule has 0 unspecified atom stereocenters. The van der Waals surface area contributed by atoms with Gasteiger partial charge in [-0.05, 0) is 5.92 Å². The van der Waals surface area contributed by atoms with Crippen LogP contribution in [0.25, 0.3) is 0 Å². The zero-order valence-corrected chi connectivity index (χ0v) is 7.84. The molecule has 4 nitrogen and oxygen atoms in total. The van der Waals surface area contributed by atoms with Crippen molar-refractivity contribution in [2.24, 2.45) is 0 Å². The van der Waals surface area contributed by atoms with E-state index in [9.17, 15) is 13.2 Å². The molecule has 0 aromatic carbocycles. The maximum absolute atomic E-state index is 12.1. The number of hydrogen-bond donors (Lipinski definition) is 1. The van der Waals surface area contributed by atoms with Gasteiger partial charge in [-0.1, -0.05) is 19.1 Å². The molecule has 1 heterocycles. The average molecular weight is 208 g/mol. The normalized spacial score (nSPS) is 12.4. The first kappa shape index (κ1) is 10.8. The minimum Gasteiger partial charge on any atom is -0.381 e. The first-order valence-electron chi connectivity index (χ1n) is 4.07. The lowest BCUT2D eigenvalue weighted by Gasteiger charge is -2.11. The van der Waals surface area contributed by atoms with Gasteiger partial charge in [0.2, 0.25) is 0 Å². The van der Waals surface area contributed by atoms with Gasteiger partial charge in [-0.3, -0.25) is 0 Å². The van der Waals surface area contributed by atoms with E-state index in [1.807, 2.05) is 0 Å². The minimum absolute atomic E-state index is 0.0595. The first-order valence-corrected chi connectivity index (χ1v) is 4.07. The molecule has 0 saturated heterocycles. The largest absolute Gasteiger partial charge is 0.408 e. The van der Waals surface area contributed by atoms with Gasteiger partial charge in [0.1, 0.15) is 6.54 Å². The molecule has 7 heteroatoms. The smallest absolute Gasteiger partial charge is 0.381 e. The van der Waals surface area contributed by atoms with E-state index in [0.717, 1.165) is 4.68 Å². The highest BCUT2D eigenvalue weighted by atomic mass is 19.4. The van der Waals surface area contributed by atoms with E-state index in [-0.39, 0.29) is 11.7 Å². The van der Waals surface area contributed by atoms with Crippen LogP contribution in [-0.4, -0.2) is 21.2 Å². The third-order valence-electron chi connectivity index (χ3n) is 1.68. The first-order chi connectivity index (χ1) is 6.31. The summed E-state index contributed by atoms with van der Waals surface area (Å²) in [5.74, 6) is -0.0726. The van der Waals surface area contributed by atoms with Gasteiger partial charge in [-0.2, -0.15) is 13.2 Å². The standard InChI is InChI=1S/C7H11F3N4/c1-4(2)5-6(11)12-13-14(5)3-7(8,9)10/h4H,3,11H2,1-2H3. The number of nitrogen functional groups attached to an aromatic ring is 1. The van der Waals surface area contributed by atoms with Crippen molar-refractivity contribution in [1.29, 1.82) is 0 Å². The van der Waals surface area contributed by atoms with Crippen LogP contribution in [-0.2, 0) is 6.54 Å². The molecule has 0 atom stereocenters. The summed E-state index contributed by atoms with van der Waals surface area (Å²) in [5.41, 5.74) is 5.72. The van der Waals surface area contributed by atoms with Crippen molar-refractivity contribution in [3.05, 3.63) is 5.69 Å². The Hall–Kier alpha value is -1.27. The molecule has 0 aliphatic carbocycles. The third kappa shape index (κ3) is 2.36. The van der Waals surface area contributed by atoms with Crippen LogP contribution in [0.15, 0.2) is 0 Å². The van der Waals surface area contributed by atoms with Crippen LogP contribution in [0.3, 0.4) is 0 Å². The molecule has 0 radical (unpaired) electrons.